The summed E-state index contributed by atoms with van der Waals surface area (Å²) in [5.74, 6) is -2.13. The first kappa shape index (κ1) is 14.6. The maximum atomic E-state index is 13.7. The molecule has 20 heavy (non-hydrogen) atoms. The van der Waals surface area contributed by atoms with Crippen LogP contribution in [0.3, 0.4) is 0 Å². The van der Waals surface area contributed by atoms with Crippen molar-refractivity contribution in [3.05, 3.63) is 41.7 Å². The molecule has 0 unspecified atom stereocenters. The van der Waals surface area contributed by atoms with Gasteiger partial charge in [-0.2, -0.15) is 21.6 Å². The zero-order valence-corrected chi connectivity index (χ0v) is 10.8. The van der Waals surface area contributed by atoms with E-state index in [1.54, 1.807) is 6.07 Å². The summed E-state index contributed by atoms with van der Waals surface area (Å²) in [5.41, 5.74) is -5.22. The van der Waals surface area contributed by atoms with Gasteiger partial charge in [-0.25, -0.2) is 4.39 Å². The standard InChI is InChI=1S/C12H8F4O3S/c1-7-3-2-4-8-5-6-9(13)11(10(7)8)19-20(17,18)12(14,15)16/h2-6H,1H3. The van der Waals surface area contributed by atoms with Gasteiger partial charge in [0.1, 0.15) is 0 Å². The topological polar surface area (TPSA) is 43.4 Å². The van der Waals surface area contributed by atoms with Gasteiger partial charge < -0.3 is 4.18 Å². The van der Waals surface area contributed by atoms with Crippen LogP contribution in [-0.4, -0.2) is 13.9 Å². The van der Waals surface area contributed by atoms with Gasteiger partial charge >= 0.3 is 15.6 Å². The summed E-state index contributed by atoms with van der Waals surface area (Å²) >= 11 is 0. The van der Waals surface area contributed by atoms with Gasteiger partial charge in [-0.1, -0.05) is 24.3 Å². The van der Waals surface area contributed by atoms with E-state index >= 15 is 0 Å². The minimum absolute atomic E-state index is 0.0136. The molecule has 2 rings (SSSR count). The maximum absolute atomic E-state index is 13.7. The lowest BCUT2D eigenvalue weighted by molar-refractivity contribution is -0.0500. The van der Waals surface area contributed by atoms with Gasteiger partial charge in [-0.05, 0) is 23.9 Å². The third kappa shape index (κ3) is 2.43. The maximum Gasteiger partial charge on any atom is 0.534 e. The Labute approximate surface area is 111 Å². The van der Waals surface area contributed by atoms with Crippen LogP contribution in [0.15, 0.2) is 30.3 Å². The first-order chi connectivity index (χ1) is 9.13. The average Bonchev–Trinajstić information content (AvgIpc) is 2.31. The van der Waals surface area contributed by atoms with E-state index in [4.69, 9.17) is 0 Å². The number of rotatable bonds is 2. The van der Waals surface area contributed by atoms with Crippen molar-refractivity contribution in [2.75, 3.05) is 0 Å². The first-order valence-electron chi connectivity index (χ1n) is 5.32. The van der Waals surface area contributed by atoms with Crippen LogP contribution in [0.4, 0.5) is 17.6 Å². The predicted molar refractivity (Wildman–Crippen MR) is 64.2 cm³/mol. The van der Waals surface area contributed by atoms with Gasteiger partial charge in [0.05, 0.1) is 0 Å². The largest absolute Gasteiger partial charge is 0.534 e. The summed E-state index contributed by atoms with van der Waals surface area (Å²) < 4.78 is 76.6. The zero-order chi connectivity index (χ0) is 15.1. The molecule has 0 fully saturated rings. The Balaban J connectivity index is 2.69. The highest BCUT2D eigenvalue weighted by Gasteiger charge is 2.49. The second-order valence-corrected chi connectivity index (χ2v) is 5.57. The number of benzene rings is 2. The van der Waals surface area contributed by atoms with Crippen molar-refractivity contribution in [1.29, 1.82) is 0 Å². The van der Waals surface area contributed by atoms with E-state index < -0.39 is 27.2 Å². The van der Waals surface area contributed by atoms with E-state index in [0.29, 0.717) is 10.9 Å². The van der Waals surface area contributed by atoms with Gasteiger partial charge in [0.25, 0.3) is 0 Å². The Morgan fingerprint density at radius 3 is 2.35 bits per heavy atom. The van der Waals surface area contributed by atoms with Crippen LogP contribution in [0.1, 0.15) is 5.56 Å². The molecule has 3 nitrogen and oxygen atoms in total. The van der Waals surface area contributed by atoms with Crippen molar-refractivity contribution in [2.45, 2.75) is 12.4 Å². The Kier molecular flexibility index (Phi) is 3.37. The molecule has 108 valence electrons. The lowest BCUT2D eigenvalue weighted by Gasteiger charge is -2.13. The van der Waals surface area contributed by atoms with Crippen LogP contribution in [0.5, 0.6) is 5.75 Å². The summed E-state index contributed by atoms with van der Waals surface area (Å²) in [5, 5.41) is 0.360. The van der Waals surface area contributed by atoms with Crippen molar-refractivity contribution < 1.29 is 30.2 Å². The summed E-state index contributed by atoms with van der Waals surface area (Å²) in [6.07, 6.45) is 0. The SMILES string of the molecule is Cc1cccc2ccc(F)c(OS(=O)(=O)C(F)(F)F)c12. The number of aryl methyl sites for hydroxylation is 1. The molecule has 0 saturated heterocycles. The molecule has 0 spiro atoms. The molecular formula is C12H8F4O3S. The van der Waals surface area contributed by atoms with Crippen molar-refractivity contribution in [3.8, 4) is 5.75 Å². The molecule has 8 heteroatoms. The Hall–Kier alpha value is -1.83. The highest BCUT2D eigenvalue weighted by molar-refractivity contribution is 7.88. The molecule has 0 amide bonds. The molecule has 0 aliphatic rings. The highest BCUT2D eigenvalue weighted by Crippen LogP contribution is 2.35. The number of hydrogen-bond acceptors (Lipinski definition) is 3. The number of alkyl halides is 3. The third-order valence-corrected chi connectivity index (χ3v) is 3.59. The van der Waals surface area contributed by atoms with E-state index in [0.717, 1.165) is 6.07 Å². The van der Waals surface area contributed by atoms with Crippen molar-refractivity contribution in [2.24, 2.45) is 0 Å². The lowest BCUT2D eigenvalue weighted by atomic mass is 10.0. The minimum atomic E-state index is -5.92. The van der Waals surface area contributed by atoms with E-state index in [1.807, 2.05) is 0 Å². The minimum Gasteiger partial charge on any atom is -0.372 e. The van der Waals surface area contributed by atoms with E-state index in [2.05, 4.69) is 4.18 Å². The number of hydrogen-bond donors (Lipinski definition) is 0. The van der Waals surface area contributed by atoms with Gasteiger partial charge in [0.2, 0.25) is 0 Å². The van der Waals surface area contributed by atoms with Gasteiger partial charge in [0.15, 0.2) is 11.6 Å². The van der Waals surface area contributed by atoms with Gasteiger partial charge in [-0.3, -0.25) is 0 Å². The van der Waals surface area contributed by atoms with Crippen LogP contribution in [0, 0.1) is 12.7 Å². The molecule has 0 aliphatic heterocycles. The molecule has 0 heterocycles. The van der Waals surface area contributed by atoms with Gasteiger partial charge in [0, 0.05) is 5.39 Å². The third-order valence-electron chi connectivity index (χ3n) is 2.63. The first-order valence-corrected chi connectivity index (χ1v) is 6.73. The lowest BCUT2D eigenvalue weighted by Crippen LogP contribution is -2.28. The molecule has 2 aromatic carbocycles. The fraction of sp³-hybridized carbons (Fsp3) is 0.167. The molecule has 2 aromatic rings. The Bertz CT molecular complexity index is 766. The second kappa shape index (κ2) is 4.62. The Morgan fingerprint density at radius 1 is 1.10 bits per heavy atom. The molecule has 0 saturated carbocycles. The van der Waals surface area contributed by atoms with Crippen LogP contribution in [0.25, 0.3) is 10.8 Å². The summed E-state index contributed by atoms with van der Waals surface area (Å²) in [7, 11) is -5.92. The summed E-state index contributed by atoms with van der Waals surface area (Å²) in [6.45, 7) is 1.51. The molecule has 0 aromatic heterocycles. The molecule has 0 atom stereocenters. The quantitative estimate of drug-likeness (QED) is 0.484. The van der Waals surface area contributed by atoms with E-state index in [-0.39, 0.29) is 5.39 Å². The van der Waals surface area contributed by atoms with Crippen LogP contribution in [0.2, 0.25) is 0 Å². The molecule has 0 radical (unpaired) electrons. The fourth-order valence-corrected chi connectivity index (χ4v) is 2.21. The number of fused-ring (bicyclic) bond motifs is 1. The van der Waals surface area contributed by atoms with Crippen molar-refractivity contribution >= 4 is 20.9 Å². The van der Waals surface area contributed by atoms with Crippen LogP contribution >= 0.6 is 0 Å². The predicted octanol–water partition coefficient (Wildman–Crippen LogP) is 3.52. The molecule has 0 aliphatic carbocycles. The Morgan fingerprint density at radius 2 is 1.75 bits per heavy atom. The summed E-state index contributed by atoms with van der Waals surface area (Å²) in [6, 6.07) is 6.80. The highest BCUT2D eigenvalue weighted by atomic mass is 32.2. The normalized spacial score (nSPS) is 12.7. The van der Waals surface area contributed by atoms with Crippen LogP contribution < -0.4 is 4.18 Å². The van der Waals surface area contributed by atoms with Gasteiger partial charge in [-0.15, -0.1) is 0 Å². The molecular weight excluding hydrogens is 300 g/mol. The molecule has 0 bridgehead atoms. The van der Waals surface area contributed by atoms with Crippen molar-refractivity contribution in [3.63, 3.8) is 0 Å². The van der Waals surface area contributed by atoms with Crippen LogP contribution in [-0.2, 0) is 10.1 Å². The molecule has 0 N–H and O–H groups in total. The van der Waals surface area contributed by atoms with E-state index in [9.17, 15) is 26.0 Å². The monoisotopic (exact) mass is 308 g/mol. The van der Waals surface area contributed by atoms with E-state index in [1.165, 1.54) is 25.1 Å². The number of halogens is 4. The van der Waals surface area contributed by atoms with Crippen molar-refractivity contribution in [1.82, 2.24) is 0 Å². The zero-order valence-electron chi connectivity index (χ0n) is 10.0. The average molecular weight is 308 g/mol. The smallest absolute Gasteiger partial charge is 0.372 e. The second-order valence-electron chi connectivity index (χ2n) is 4.03. The fourth-order valence-electron chi connectivity index (χ4n) is 1.74. The summed E-state index contributed by atoms with van der Waals surface area (Å²) in [4.78, 5) is 0.